The van der Waals surface area contributed by atoms with E-state index in [9.17, 15) is 9.59 Å². The first-order chi connectivity index (χ1) is 15.7. The third kappa shape index (κ3) is 3.63. The summed E-state index contributed by atoms with van der Waals surface area (Å²) in [5.74, 6) is 0.562. The summed E-state index contributed by atoms with van der Waals surface area (Å²) >= 11 is 1.33. The molecule has 0 spiro atoms. The van der Waals surface area contributed by atoms with Gasteiger partial charge in [0, 0.05) is 60.5 Å². The summed E-state index contributed by atoms with van der Waals surface area (Å²) in [6.07, 6.45) is 2.38. The summed E-state index contributed by atoms with van der Waals surface area (Å²) in [4.78, 5) is 30.7. The fourth-order valence-corrected chi connectivity index (χ4v) is 4.76. The zero-order valence-corrected chi connectivity index (χ0v) is 17.9. The van der Waals surface area contributed by atoms with E-state index in [1.165, 1.54) is 11.3 Å². The number of piperazine rings is 1. The molecule has 0 unspecified atom stereocenters. The monoisotopic (exact) mass is 444 g/mol. The molecule has 32 heavy (non-hydrogen) atoms. The lowest BCUT2D eigenvalue weighted by atomic mass is 9.98. The second-order valence-electron chi connectivity index (χ2n) is 7.50. The van der Waals surface area contributed by atoms with Gasteiger partial charge in [-0.05, 0) is 12.1 Å². The zero-order chi connectivity index (χ0) is 22.1. The van der Waals surface area contributed by atoms with Crippen molar-refractivity contribution < 1.29 is 9.21 Å². The van der Waals surface area contributed by atoms with Crippen LogP contribution in [0.25, 0.3) is 21.5 Å². The Labute approximate surface area is 187 Å². The largest absolute Gasteiger partial charge is 0.439 e. The Bertz CT molecular complexity index is 1390. The van der Waals surface area contributed by atoms with Gasteiger partial charge in [0.2, 0.25) is 5.43 Å². The SMILES string of the molecule is N=C(c1ccnc(-c2csc3c(=O)cc(N4CCNCC4)oc23)c1)c1ccccc1C=O. The highest BCUT2D eigenvalue weighted by molar-refractivity contribution is 7.17. The summed E-state index contributed by atoms with van der Waals surface area (Å²) in [6, 6.07) is 12.1. The molecule has 2 N–H and O–H groups in total. The lowest BCUT2D eigenvalue weighted by Gasteiger charge is -2.27. The minimum atomic E-state index is -0.0696. The molecule has 160 valence electrons. The van der Waals surface area contributed by atoms with Gasteiger partial charge in [-0.15, -0.1) is 11.3 Å². The van der Waals surface area contributed by atoms with E-state index >= 15 is 0 Å². The van der Waals surface area contributed by atoms with Gasteiger partial charge in [-0.1, -0.05) is 24.3 Å². The number of fused-ring (bicyclic) bond motifs is 1. The third-order valence-corrected chi connectivity index (χ3v) is 6.52. The number of pyridine rings is 1. The minimum Gasteiger partial charge on any atom is -0.439 e. The normalized spacial score (nSPS) is 13.9. The van der Waals surface area contributed by atoms with Crippen molar-refractivity contribution in [3.8, 4) is 11.3 Å². The highest BCUT2D eigenvalue weighted by Crippen LogP contribution is 2.34. The molecule has 1 aliphatic rings. The number of hydrogen-bond acceptors (Lipinski definition) is 8. The summed E-state index contributed by atoms with van der Waals surface area (Å²) in [7, 11) is 0. The van der Waals surface area contributed by atoms with E-state index in [1.807, 2.05) is 5.38 Å². The molecule has 0 saturated carbocycles. The number of aldehydes is 1. The van der Waals surface area contributed by atoms with E-state index in [1.54, 1.807) is 48.7 Å². The van der Waals surface area contributed by atoms with E-state index in [0.717, 1.165) is 38.0 Å². The molecule has 1 saturated heterocycles. The van der Waals surface area contributed by atoms with Crippen LogP contribution in [0.4, 0.5) is 5.88 Å². The van der Waals surface area contributed by atoms with Crippen LogP contribution in [0.5, 0.6) is 0 Å². The molecule has 0 aliphatic carbocycles. The average molecular weight is 445 g/mol. The number of benzene rings is 1. The first-order valence-corrected chi connectivity index (χ1v) is 11.1. The Kier molecular flexibility index (Phi) is 5.38. The maximum absolute atomic E-state index is 12.7. The quantitative estimate of drug-likeness (QED) is 0.361. The van der Waals surface area contributed by atoms with Crippen molar-refractivity contribution in [3.63, 3.8) is 0 Å². The molecule has 4 aromatic rings. The van der Waals surface area contributed by atoms with Crippen LogP contribution in [0.3, 0.4) is 0 Å². The van der Waals surface area contributed by atoms with E-state index in [-0.39, 0.29) is 11.1 Å². The molecule has 1 aliphatic heterocycles. The van der Waals surface area contributed by atoms with Crippen LogP contribution in [0, 0.1) is 5.41 Å². The van der Waals surface area contributed by atoms with Crippen LogP contribution in [-0.2, 0) is 0 Å². The topological polar surface area (TPSA) is 99.3 Å². The molecule has 0 bridgehead atoms. The summed E-state index contributed by atoms with van der Waals surface area (Å²) in [5, 5.41) is 13.8. The molecular formula is C24H20N4O3S. The second-order valence-corrected chi connectivity index (χ2v) is 8.38. The number of anilines is 1. The van der Waals surface area contributed by atoms with E-state index in [2.05, 4.69) is 15.2 Å². The van der Waals surface area contributed by atoms with Gasteiger partial charge in [-0.2, -0.15) is 0 Å². The van der Waals surface area contributed by atoms with Crippen molar-refractivity contribution in [1.29, 1.82) is 5.41 Å². The fraction of sp³-hybridized carbons (Fsp3) is 0.167. The number of thiophene rings is 1. The molecule has 0 amide bonds. The van der Waals surface area contributed by atoms with Crippen molar-refractivity contribution >= 4 is 39.5 Å². The first-order valence-electron chi connectivity index (χ1n) is 10.3. The maximum Gasteiger partial charge on any atom is 0.204 e. The number of hydrogen-bond donors (Lipinski definition) is 2. The van der Waals surface area contributed by atoms with Crippen LogP contribution >= 0.6 is 11.3 Å². The van der Waals surface area contributed by atoms with Gasteiger partial charge in [-0.3, -0.25) is 20.0 Å². The van der Waals surface area contributed by atoms with Crippen LogP contribution in [-0.4, -0.2) is 43.2 Å². The van der Waals surface area contributed by atoms with Gasteiger partial charge in [0.1, 0.15) is 4.70 Å². The van der Waals surface area contributed by atoms with Gasteiger partial charge in [0.05, 0.1) is 17.0 Å². The third-order valence-electron chi connectivity index (χ3n) is 5.54. The number of rotatable bonds is 5. The molecule has 5 rings (SSSR count). The van der Waals surface area contributed by atoms with E-state index in [4.69, 9.17) is 9.83 Å². The Morgan fingerprint density at radius 3 is 2.81 bits per heavy atom. The van der Waals surface area contributed by atoms with E-state index < -0.39 is 0 Å². The minimum absolute atomic E-state index is 0.0696. The van der Waals surface area contributed by atoms with Crippen LogP contribution < -0.4 is 15.6 Å². The zero-order valence-electron chi connectivity index (χ0n) is 17.1. The Balaban J connectivity index is 1.57. The van der Waals surface area contributed by atoms with Gasteiger partial charge in [0.15, 0.2) is 17.8 Å². The highest BCUT2D eigenvalue weighted by atomic mass is 32.1. The molecule has 0 radical (unpaired) electrons. The molecule has 7 nitrogen and oxygen atoms in total. The Morgan fingerprint density at radius 2 is 2.00 bits per heavy atom. The van der Waals surface area contributed by atoms with Crippen LogP contribution in [0.1, 0.15) is 21.5 Å². The maximum atomic E-state index is 12.7. The molecule has 4 heterocycles. The molecular weight excluding hydrogens is 424 g/mol. The summed E-state index contributed by atoms with van der Waals surface area (Å²) < 4.78 is 6.75. The molecule has 0 atom stereocenters. The van der Waals surface area contributed by atoms with Gasteiger partial charge >= 0.3 is 0 Å². The predicted molar refractivity (Wildman–Crippen MR) is 126 cm³/mol. The fourth-order valence-electron chi connectivity index (χ4n) is 3.86. The molecule has 3 aromatic heterocycles. The molecule has 1 aromatic carbocycles. The lowest BCUT2D eigenvalue weighted by molar-refractivity contribution is 0.112. The first kappa shape index (κ1) is 20.3. The van der Waals surface area contributed by atoms with Gasteiger partial charge < -0.3 is 14.6 Å². The van der Waals surface area contributed by atoms with Crippen molar-refractivity contribution in [2.75, 3.05) is 31.1 Å². The number of nitrogens with one attached hydrogen (secondary N) is 2. The smallest absolute Gasteiger partial charge is 0.204 e. The summed E-state index contributed by atoms with van der Waals surface area (Å²) in [6.45, 7) is 3.22. The van der Waals surface area contributed by atoms with Crippen LogP contribution in [0.2, 0.25) is 0 Å². The average Bonchev–Trinajstić information content (AvgIpc) is 3.29. The van der Waals surface area contributed by atoms with Crippen molar-refractivity contribution in [2.24, 2.45) is 0 Å². The predicted octanol–water partition coefficient (Wildman–Crippen LogP) is 3.55. The number of nitrogens with zero attached hydrogens (tertiary/aromatic N) is 2. The van der Waals surface area contributed by atoms with E-state index in [0.29, 0.717) is 38.6 Å². The Hall–Kier alpha value is -3.62. The number of carbonyl (C=O) groups is 1. The molecule has 8 heteroatoms. The van der Waals surface area contributed by atoms with Gasteiger partial charge in [-0.25, -0.2) is 0 Å². The van der Waals surface area contributed by atoms with Crippen molar-refractivity contribution in [1.82, 2.24) is 10.3 Å². The van der Waals surface area contributed by atoms with Crippen LogP contribution in [0.15, 0.2) is 63.3 Å². The van der Waals surface area contributed by atoms with Crippen molar-refractivity contribution in [2.45, 2.75) is 0 Å². The number of aromatic nitrogens is 1. The van der Waals surface area contributed by atoms with Crippen molar-refractivity contribution in [3.05, 3.63) is 81.0 Å². The van der Waals surface area contributed by atoms with Gasteiger partial charge in [0.25, 0.3) is 0 Å². The highest BCUT2D eigenvalue weighted by Gasteiger charge is 2.19. The number of carbonyl (C=O) groups excluding carboxylic acids is 1. The lowest BCUT2D eigenvalue weighted by Crippen LogP contribution is -2.43. The standard InChI is InChI=1S/C24H20N4O3S/c25-22(17-4-2-1-3-16(17)13-29)15-5-6-27-19(11-15)18-14-32-24-20(30)12-21(31-23(18)24)28-9-7-26-8-10-28/h1-6,11-14,25-26H,7-10H2. The Morgan fingerprint density at radius 1 is 1.19 bits per heavy atom. The second kappa shape index (κ2) is 8.49. The summed E-state index contributed by atoms with van der Waals surface area (Å²) in [5.41, 5.74) is 3.66. The molecule has 1 fully saturated rings.